The topological polar surface area (TPSA) is 105 Å². The van der Waals surface area contributed by atoms with Crippen LogP contribution < -0.4 is 0 Å². The second-order valence-corrected chi connectivity index (χ2v) is 4.49. The van der Waals surface area contributed by atoms with Crippen molar-refractivity contribution < 1.29 is 33.3 Å². The summed E-state index contributed by atoms with van der Waals surface area (Å²) in [4.78, 5) is 29.3. The maximum atomic E-state index is 11.2. The van der Waals surface area contributed by atoms with E-state index in [2.05, 4.69) is 9.98 Å². The fraction of sp³-hybridized carbons (Fsp3) is 0.714. The van der Waals surface area contributed by atoms with Crippen molar-refractivity contribution in [3.05, 3.63) is 0 Å². The first-order valence-corrected chi connectivity index (χ1v) is 7.42. The van der Waals surface area contributed by atoms with Crippen molar-refractivity contribution in [2.24, 2.45) is 9.98 Å². The second kappa shape index (κ2) is 11.4. The Labute approximate surface area is 134 Å². The third-order valence-electron chi connectivity index (χ3n) is 2.78. The van der Waals surface area contributed by atoms with Gasteiger partial charge in [-0.1, -0.05) is 0 Å². The Morgan fingerprint density at radius 2 is 1.39 bits per heavy atom. The van der Waals surface area contributed by atoms with Crippen LogP contribution in [0.2, 0.25) is 0 Å². The molecule has 1 heterocycles. The first-order valence-electron chi connectivity index (χ1n) is 7.42. The van der Waals surface area contributed by atoms with Crippen LogP contribution in [0.3, 0.4) is 0 Å². The standard InChI is InChI=1S/C14H22N2O7/c1-3-19-9-15-13(17)21-7-11-5-6-12(23-11)8-22-14(18)16-10-20-4-2/h9-12H,3-8H2,1-2H3/t11-,12+. The van der Waals surface area contributed by atoms with Crippen molar-refractivity contribution >= 4 is 25.0 Å². The highest BCUT2D eigenvalue weighted by Gasteiger charge is 2.27. The van der Waals surface area contributed by atoms with E-state index in [1.54, 1.807) is 13.8 Å². The fourth-order valence-corrected chi connectivity index (χ4v) is 1.74. The largest absolute Gasteiger partial charge is 0.483 e. The summed E-state index contributed by atoms with van der Waals surface area (Å²) in [6.45, 7) is 4.59. The van der Waals surface area contributed by atoms with Gasteiger partial charge in [-0.2, -0.15) is 0 Å². The van der Waals surface area contributed by atoms with Crippen LogP contribution in [-0.2, 0) is 23.7 Å². The molecule has 23 heavy (non-hydrogen) atoms. The number of ether oxygens (including phenoxy) is 5. The smallest absolute Gasteiger partial charge is 0.436 e. The first kappa shape index (κ1) is 18.9. The molecule has 0 aromatic carbocycles. The molecule has 0 saturated carbocycles. The van der Waals surface area contributed by atoms with Gasteiger partial charge in [-0.05, 0) is 26.7 Å². The van der Waals surface area contributed by atoms with Crippen molar-refractivity contribution in [1.82, 2.24) is 0 Å². The molecule has 2 atom stereocenters. The Kier molecular flexibility index (Phi) is 9.37. The van der Waals surface area contributed by atoms with E-state index in [0.717, 1.165) is 12.8 Å². The number of hydrogen-bond acceptors (Lipinski definition) is 7. The molecular formula is C14H22N2O7. The summed E-state index contributed by atoms with van der Waals surface area (Å²) in [5, 5.41) is 0. The Bertz CT molecular complexity index is 387. The molecular weight excluding hydrogens is 308 g/mol. The summed E-state index contributed by atoms with van der Waals surface area (Å²) in [7, 11) is 0. The highest BCUT2D eigenvalue weighted by Crippen LogP contribution is 2.20. The van der Waals surface area contributed by atoms with E-state index in [-0.39, 0.29) is 25.4 Å². The molecule has 1 aliphatic heterocycles. The Morgan fingerprint density at radius 3 is 1.78 bits per heavy atom. The van der Waals surface area contributed by atoms with E-state index < -0.39 is 12.2 Å². The van der Waals surface area contributed by atoms with Crippen molar-refractivity contribution in [3.8, 4) is 0 Å². The highest BCUT2D eigenvalue weighted by atomic mass is 16.6. The molecule has 0 aliphatic carbocycles. The summed E-state index contributed by atoms with van der Waals surface area (Å²) in [5.74, 6) is 0. The molecule has 1 fully saturated rings. The van der Waals surface area contributed by atoms with Gasteiger partial charge in [0.15, 0.2) is 12.8 Å². The first-order chi connectivity index (χ1) is 11.2. The van der Waals surface area contributed by atoms with Gasteiger partial charge in [0, 0.05) is 0 Å². The quantitative estimate of drug-likeness (QED) is 0.494. The summed E-state index contributed by atoms with van der Waals surface area (Å²) >= 11 is 0. The van der Waals surface area contributed by atoms with Crippen LogP contribution in [0.4, 0.5) is 9.59 Å². The zero-order valence-electron chi connectivity index (χ0n) is 13.3. The molecule has 0 aromatic rings. The Balaban J connectivity index is 2.15. The van der Waals surface area contributed by atoms with Gasteiger partial charge in [0.1, 0.15) is 13.2 Å². The van der Waals surface area contributed by atoms with Gasteiger partial charge in [0.25, 0.3) is 0 Å². The maximum absolute atomic E-state index is 11.2. The van der Waals surface area contributed by atoms with E-state index in [1.165, 1.54) is 0 Å². The van der Waals surface area contributed by atoms with Crippen LogP contribution in [0.1, 0.15) is 26.7 Å². The molecule has 1 saturated heterocycles. The number of rotatable bonds is 8. The predicted molar refractivity (Wildman–Crippen MR) is 80.8 cm³/mol. The molecule has 9 heteroatoms. The van der Waals surface area contributed by atoms with E-state index in [0.29, 0.717) is 26.1 Å². The van der Waals surface area contributed by atoms with Gasteiger partial charge in [-0.3, -0.25) is 0 Å². The van der Waals surface area contributed by atoms with Crippen LogP contribution in [0, 0.1) is 0 Å². The van der Waals surface area contributed by atoms with E-state index in [9.17, 15) is 9.59 Å². The van der Waals surface area contributed by atoms with Crippen LogP contribution >= 0.6 is 0 Å². The molecule has 0 bridgehead atoms. The Morgan fingerprint density at radius 1 is 0.957 bits per heavy atom. The second-order valence-electron chi connectivity index (χ2n) is 4.49. The minimum Gasteiger partial charge on any atom is -0.483 e. The van der Waals surface area contributed by atoms with Crippen LogP contribution in [-0.4, -0.2) is 63.6 Å². The molecule has 1 rings (SSSR count). The van der Waals surface area contributed by atoms with E-state index in [4.69, 9.17) is 23.7 Å². The minimum atomic E-state index is -0.734. The molecule has 130 valence electrons. The molecule has 2 amide bonds. The van der Waals surface area contributed by atoms with Crippen molar-refractivity contribution in [2.75, 3.05) is 26.4 Å². The predicted octanol–water partition coefficient (Wildman–Crippen LogP) is 1.94. The number of carbonyl (C=O) groups is 2. The summed E-state index contributed by atoms with van der Waals surface area (Å²) in [6, 6.07) is 0. The van der Waals surface area contributed by atoms with Gasteiger partial charge in [-0.25, -0.2) is 9.59 Å². The average molecular weight is 330 g/mol. The van der Waals surface area contributed by atoms with Gasteiger partial charge >= 0.3 is 12.2 Å². The van der Waals surface area contributed by atoms with Crippen LogP contribution in [0.5, 0.6) is 0 Å². The summed E-state index contributed by atoms with van der Waals surface area (Å²) < 4.78 is 25.0. The molecule has 0 radical (unpaired) electrons. The molecule has 1 aliphatic rings. The van der Waals surface area contributed by atoms with Gasteiger partial charge < -0.3 is 23.7 Å². The third-order valence-corrected chi connectivity index (χ3v) is 2.78. The van der Waals surface area contributed by atoms with E-state index >= 15 is 0 Å². The van der Waals surface area contributed by atoms with Crippen molar-refractivity contribution in [3.63, 3.8) is 0 Å². The fourth-order valence-electron chi connectivity index (χ4n) is 1.74. The van der Waals surface area contributed by atoms with Crippen LogP contribution in [0.25, 0.3) is 0 Å². The number of carbonyl (C=O) groups excluding carboxylic acids is 2. The lowest BCUT2D eigenvalue weighted by molar-refractivity contribution is -0.0177. The average Bonchev–Trinajstić information content (AvgIpc) is 2.99. The molecule has 0 aromatic heterocycles. The number of hydrogen-bond donors (Lipinski definition) is 0. The monoisotopic (exact) mass is 330 g/mol. The normalized spacial score (nSPS) is 20.8. The number of aliphatic imine (C=N–C) groups is 2. The SMILES string of the molecule is CCOC=NC(=O)OC[C@H]1CC[C@@H](COC(=O)N=COCC)O1. The minimum absolute atomic E-state index is 0.0925. The summed E-state index contributed by atoms with van der Waals surface area (Å²) in [5.41, 5.74) is 0. The lowest BCUT2D eigenvalue weighted by Crippen LogP contribution is -2.22. The van der Waals surface area contributed by atoms with Crippen molar-refractivity contribution in [1.29, 1.82) is 0 Å². The summed E-state index contributed by atoms with van der Waals surface area (Å²) in [6.07, 6.45) is 1.55. The molecule has 0 unspecified atom stereocenters. The number of nitrogens with zero attached hydrogens (tertiary/aromatic N) is 2. The van der Waals surface area contributed by atoms with Crippen molar-refractivity contribution in [2.45, 2.75) is 38.9 Å². The zero-order valence-corrected chi connectivity index (χ0v) is 13.3. The molecule has 9 nitrogen and oxygen atoms in total. The van der Waals surface area contributed by atoms with Crippen LogP contribution in [0.15, 0.2) is 9.98 Å². The lowest BCUT2D eigenvalue weighted by Gasteiger charge is -2.12. The van der Waals surface area contributed by atoms with Gasteiger partial charge in [-0.15, -0.1) is 9.98 Å². The lowest BCUT2D eigenvalue weighted by atomic mass is 10.2. The van der Waals surface area contributed by atoms with E-state index in [1.807, 2.05) is 0 Å². The maximum Gasteiger partial charge on any atom is 0.436 e. The Hall–Kier alpha value is -2.16. The zero-order chi connectivity index (χ0) is 16.9. The number of amides is 2. The molecule has 0 spiro atoms. The van der Waals surface area contributed by atoms with Gasteiger partial charge in [0.05, 0.1) is 25.4 Å². The van der Waals surface area contributed by atoms with Gasteiger partial charge in [0.2, 0.25) is 0 Å². The highest BCUT2D eigenvalue weighted by molar-refractivity contribution is 5.76. The third kappa shape index (κ3) is 8.77. The molecule has 0 N–H and O–H groups in total.